The molecule has 304 valence electrons. The normalized spacial score (nSPS) is 23.6. The summed E-state index contributed by atoms with van der Waals surface area (Å²) in [7, 11) is -0.941. The summed E-state index contributed by atoms with van der Waals surface area (Å²) in [6, 6.07) is 21.2. The Labute approximate surface area is 338 Å². The minimum Gasteiger partial charge on any atom is -0.497 e. The zero-order chi connectivity index (χ0) is 41.2. The Balaban J connectivity index is 1.44. The van der Waals surface area contributed by atoms with Crippen LogP contribution in [0.25, 0.3) is 0 Å². The van der Waals surface area contributed by atoms with Crippen LogP contribution in [0.2, 0.25) is 18.6 Å². The summed E-state index contributed by atoms with van der Waals surface area (Å²) in [6.07, 6.45) is 4.81. The highest BCUT2D eigenvalue weighted by Crippen LogP contribution is 2.60. The number of ether oxygens (including phenoxy) is 2. The van der Waals surface area contributed by atoms with Crippen molar-refractivity contribution in [2.45, 2.75) is 109 Å². The van der Waals surface area contributed by atoms with Crippen LogP contribution in [0.15, 0.2) is 90.0 Å². The van der Waals surface area contributed by atoms with Crippen molar-refractivity contribution >= 4 is 42.4 Å². The Morgan fingerprint density at radius 2 is 1.75 bits per heavy atom. The van der Waals surface area contributed by atoms with Gasteiger partial charge in [-0.3, -0.25) is 14.4 Å². The summed E-state index contributed by atoms with van der Waals surface area (Å²) in [5.41, 5.74) is 4.73. The second-order valence-electron chi connectivity index (χ2n) is 16.9. The third kappa shape index (κ3) is 8.25. The average Bonchev–Trinajstić information content (AvgIpc) is 3.61. The van der Waals surface area contributed by atoms with Gasteiger partial charge in [-0.15, -0.1) is 0 Å². The minimum atomic E-state index is -2.58. The quantitative estimate of drug-likeness (QED) is 0.131. The molecule has 57 heavy (non-hydrogen) atoms. The van der Waals surface area contributed by atoms with Crippen LogP contribution in [0, 0.1) is 5.92 Å². The maximum atomic E-state index is 15.3. The number of nitrogens with zero attached hydrogens (tertiary/aromatic N) is 2. The van der Waals surface area contributed by atoms with Gasteiger partial charge in [0.05, 0.1) is 46.0 Å². The molecule has 6 rings (SSSR count). The highest BCUT2D eigenvalue weighted by Gasteiger charge is 2.66. The molecule has 1 saturated heterocycles. The fraction of sp³-hybridized carbons (Fsp3) is 0.457. The molecular weight excluding hydrogens is 735 g/mol. The van der Waals surface area contributed by atoms with Crippen LogP contribution in [-0.4, -0.2) is 79.4 Å². The molecule has 3 aromatic carbocycles. The number of carbonyl (C=O) groups excluding carboxylic acids is 3. The van der Waals surface area contributed by atoms with Crippen molar-refractivity contribution in [3.8, 4) is 5.75 Å². The fourth-order valence-corrected chi connectivity index (χ4v) is 13.3. The van der Waals surface area contributed by atoms with E-state index in [1.165, 1.54) is 18.1 Å². The lowest BCUT2D eigenvalue weighted by Gasteiger charge is -2.39. The van der Waals surface area contributed by atoms with E-state index in [2.05, 4.69) is 76.5 Å². The van der Waals surface area contributed by atoms with E-state index in [1.807, 2.05) is 42.5 Å². The van der Waals surface area contributed by atoms with Crippen LogP contribution in [0.5, 0.6) is 5.75 Å². The molecule has 0 radical (unpaired) electrons. The third-order valence-corrected chi connectivity index (χ3v) is 16.8. The lowest BCUT2D eigenvalue weighted by atomic mass is 9.82. The lowest BCUT2D eigenvalue weighted by Crippen LogP contribution is -2.52. The number of hydrogen-bond donors (Lipinski definition) is 3. The molecule has 6 atom stereocenters. The number of carbonyl (C=O) groups is 3. The van der Waals surface area contributed by atoms with Crippen molar-refractivity contribution < 1.29 is 34.1 Å². The maximum Gasteiger partial charge on any atom is 0.264 e. The first-order valence-corrected chi connectivity index (χ1v) is 23.2. The first-order chi connectivity index (χ1) is 27.1. The van der Waals surface area contributed by atoms with Gasteiger partial charge in [0.25, 0.3) is 11.8 Å². The van der Waals surface area contributed by atoms with Crippen molar-refractivity contribution in [1.82, 2.24) is 4.90 Å². The standard InChI is InChI=1S/C46H59N3O7Si/c1-29(2)12-11-13-30(3)22-23-48-40-21-16-35(47-44(53)32(5)51)25-39(40)46(45(48)54)31(4)43(57(7,8)38-19-17-37(55-6)18-20-38)41(56-46)26-42(52)49-27-34-15-10-9-14-33(34)24-36(49)28-50/h9-10,12,14-22,25,31-32,36,41,43,50-51H,11,13,23-24,26-28H2,1-8H3,(H,47,53)/b30-22+/t31-,32+,36+,41+,43-,46+/m1/s1. The Morgan fingerprint density at radius 1 is 1.05 bits per heavy atom. The molecule has 1 fully saturated rings. The van der Waals surface area contributed by atoms with Gasteiger partial charge in [-0.1, -0.05) is 84.9 Å². The summed E-state index contributed by atoms with van der Waals surface area (Å²) in [5.74, 6) is -0.517. The van der Waals surface area contributed by atoms with Gasteiger partial charge in [0.2, 0.25) is 5.91 Å². The molecular formula is C46H59N3O7Si. The number of aliphatic hydroxyl groups is 2. The Bertz CT molecular complexity index is 2040. The third-order valence-electron chi connectivity index (χ3n) is 12.5. The number of benzene rings is 3. The molecule has 3 amide bonds. The predicted molar refractivity (Wildman–Crippen MR) is 227 cm³/mol. The second-order valence-corrected chi connectivity index (χ2v) is 21.6. The number of anilines is 2. The molecule has 3 aromatic rings. The van der Waals surface area contributed by atoms with E-state index in [0.29, 0.717) is 36.4 Å². The number of methoxy groups -OCH3 is 1. The average molecular weight is 794 g/mol. The van der Waals surface area contributed by atoms with Crippen LogP contribution in [0.1, 0.15) is 70.6 Å². The molecule has 3 aliphatic heterocycles. The number of allylic oxidation sites excluding steroid dienone is 3. The number of fused-ring (bicyclic) bond motifs is 3. The highest BCUT2D eigenvalue weighted by atomic mass is 28.3. The van der Waals surface area contributed by atoms with Crippen molar-refractivity contribution in [3.05, 3.63) is 107 Å². The van der Waals surface area contributed by atoms with Crippen LogP contribution in [0.3, 0.4) is 0 Å². The molecule has 0 bridgehead atoms. The van der Waals surface area contributed by atoms with Crippen LogP contribution < -0.4 is 20.1 Å². The number of amides is 3. The molecule has 1 spiro atoms. The van der Waals surface area contributed by atoms with Gasteiger partial charge < -0.3 is 34.8 Å². The zero-order valence-electron chi connectivity index (χ0n) is 34.7. The topological polar surface area (TPSA) is 129 Å². The first kappa shape index (κ1) is 42.1. The van der Waals surface area contributed by atoms with Crippen molar-refractivity contribution in [1.29, 1.82) is 0 Å². The van der Waals surface area contributed by atoms with Crippen LogP contribution in [0.4, 0.5) is 11.4 Å². The van der Waals surface area contributed by atoms with Gasteiger partial charge in [-0.25, -0.2) is 0 Å². The van der Waals surface area contributed by atoms with E-state index in [-0.39, 0.29) is 42.3 Å². The molecule has 0 unspecified atom stereocenters. The molecule has 3 heterocycles. The largest absolute Gasteiger partial charge is 0.497 e. The molecule has 3 aliphatic rings. The molecule has 0 aromatic heterocycles. The van der Waals surface area contributed by atoms with Crippen molar-refractivity contribution in [2.75, 3.05) is 30.5 Å². The zero-order valence-corrected chi connectivity index (χ0v) is 35.7. The SMILES string of the molecule is COc1ccc([Si](C)(C)[C@H]2[C@H](CC(=O)N3Cc4ccccc4C[C@H]3CO)O[C@@]3(C(=O)N(C/C=C(\C)CCC=C(C)C)c4ccc(NC(=O)[C@H](C)O)cc43)[C@@H]2C)cc1. The molecule has 10 nitrogen and oxygen atoms in total. The fourth-order valence-electron chi connectivity index (χ4n) is 9.29. The number of rotatable bonds is 13. The molecule has 11 heteroatoms. The summed E-state index contributed by atoms with van der Waals surface area (Å²) in [6.45, 7) is 14.9. The smallest absolute Gasteiger partial charge is 0.264 e. The van der Waals surface area contributed by atoms with E-state index >= 15 is 4.79 Å². The lowest BCUT2D eigenvalue weighted by molar-refractivity contribution is -0.150. The Morgan fingerprint density at radius 3 is 2.40 bits per heavy atom. The van der Waals surface area contributed by atoms with E-state index in [4.69, 9.17) is 9.47 Å². The van der Waals surface area contributed by atoms with E-state index < -0.39 is 31.8 Å². The Hall–Kier alpha value is -4.55. The van der Waals surface area contributed by atoms with Gasteiger partial charge in [0, 0.05) is 30.3 Å². The van der Waals surface area contributed by atoms with E-state index in [9.17, 15) is 19.8 Å². The highest BCUT2D eigenvalue weighted by molar-refractivity contribution is 6.91. The van der Waals surface area contributed by atoms with Gasteiger partial charge >= 0.3 is 0 Å². The minimum absolute atomic E-state index is 0.0342. The van der Waals surface area contributed by atoms with E-state index in [0.717, 1.165) is 34.9 Å². The number of nitrogens with one attached hydrogen (secondary N) is 1. The second kappa shape index (κ2) is 17.1. The van der Waals surface area contributed by atoms with Gasteiger partial charge in [-0.05, 0) is 94.0 Å². The summed E-state index contributed by atoms with van der Waals surface area (Å²) >= 11 is 0. The number of aliphatic hydroxyl groups excluding tert-OH is 2. The van der Waals surface area contributed by atoms with Crippen LogP contribution in [-0.2, 0) is 37.7 Å². The van der Waals surface area contributed by atoms with Crippen molar-refractivity contribution in [3.63, 3.8) is 0 Å². The van der Waals surface area contributed by atoms with Crippen molar-refractivity contribution in [2.24, 2.45) is 5.92 Å². The molecule has 0 aliphatic carbocycles. The van der Waals surface area contributed by atoms with Gasteiger partial charge in [0.15, 0.2) is 5.60 Å². The first-order valence-electron chi connectivity index (χ1n) is 20.2. The Kier molecular flexibility index (Phi) is 12.6. The summed E-state index contributed by atoms with van der Waals surface area (Å²) in [5, 5.41) is 24.5. The van der Waals surface area contributed by atoms with Crippen LogP contribution >= 0.6 is 0 Å². The maximum absolute atomic E-state index is 15.3. The van der Waals surface area contributed by atoms with Gasteiger partial charge in [0.1, 0.15) is 11.9 Å². The predicted octanol–water partition coefficient (Wildman–Crippen LogP) is 6.61. The van der Waals surface area contributed by atoms with E-state index in [1.54, 1.807) is 23.0 Å². The summed E-state index contributed by atoms with van der Waals surface area (Å²) in [4.78, 5) is 46.2. The molecule has 0 saturated carbocycles. The monoisotopic (exact) mass is 793 g/mol. The summed E-state index contributed by atoms with van der Waals surface area (Å²) < 4.78 is 12.8. The number of hydrogen-bond acceptors (Lipinski definition) is 7. The van der Waals surface area contributed by atoms with Gasteiger partial charge in [-0.2, -0.15) is 0 Å². The molecule has 3 N–H and O–H groups in total.